The number of nitrogens with zero attached hydrogens (tertiary/aromatic N) is 1. The molecule has 13 heavy (non-hydrogen) atoms. The molecule has 0 aromatic carbocycles. The van der Waals surface area contributed by atoms with Crippen LogP contribution in [0.1, 0.15) is 19.3 Å². The molecular formula is C10H19NOSi. The van der Waals surface area contributed by atoms with E-state index in [2.05, 4.69) is 36.4 Å². The average Bonchev–Trinajstić information content (AvgIpc) is 1.94. The lowest BCUT2D eigenvalue weighted by atomic mass is 10.2. The molecule has 0 saturated heterocycles. The second kappa shape index (κ2) is 4.09. The quantitative estimate of drug-likeness (QED) is 0.467. The van der Waals surface area contributed by atoms with E-state index < -0.39 is 8.24 Å². The Labute approximate surface area is 81.7 Å². The van der Waals surface area contributed by atoms with Crippen LogP contribution in [-0.2, 0) is 4.79 Å². The monoisotopic (exact) mass is 197 g/mol. The van der Waals surface area contributed by atoms with Crippen molar-refractivity contribution in [3.8, 4) is 0 Å². The molecule has 0 aliphatic carbocycles. The summed E-state index contributed by atoms with van der Waals surface area (Å²) in [5.74, 6) is 0.350. The van der Waals surface area contributed by atoms with E-state index in [9.17, 15) is 4.79 Å². The lowest BCUT2D eigenvalue weighted by Crippen LogP contribution is -2.50. The first kappa shape index (κ1) is 10.5. The standard InChI is InChI=1S/C10H19NOSi/c1-13(2,3)11-9-7-5-4-6-8-10(11)12/h4-5H,6-9H2,1-3H3/b5-4-. The summed E-state index contributed by atoms with van der Waals surface area (Å²) in [4.78, 5) is 11.7. The molecule has 0 unspecified atom stereocenters. The molecule has 0 radical (unpaired) electrons. The summed E-state index contributed by atoms with van der Waals surface area (Å²) in [6, 6.07) is 0. The minimum atomic E-state index is -1.42. The Morgan fingerprint density at radius 2 is 1.85 bits per heavy atom. The molecule has 0 bridgehead atoms. The van der Waals surface area contributed by atoms with Crippen LogP contribution in [0, 0.1) is 0 Å². The smallest absolute Gasteiger partial charge is 0.214 e. The van der Waals surface area contributed by atoms with Gasteiger partial charge in [-0.05, 0) is 12.8 Å². The third kappa shape index (κ3) is 2.99. The summed E-state index contributed by atoms with van der Waals surface area (Å²) in [6.45, 7) is 7.62. The fourth-order valence-corrected chi connectivity index (χ4v) is 3.28. The highest BCUT2D eigenvalue weighted by Crippen LogP contribution is 2.14. The van der Waals surface area contributed by atoms with Gasteiger partial charge >= 0.3 is 0 Å². The number of amides is 1. The van der Waals surface area contributed by atoms with Gasteiger partial charge in [-0.3, -0.25) is 4.79 Å². The maximum absolute atomic E-state index is 11.7. The summed E-state index contributed by atoms with van der Waals surface area (Å²) in [6.07, 6.45) is 6.95. The van der Waals surface area contributed by atoms with E-state index in [-0.39, 0.29) is 0 Å². The predicted molar refractivity (Wildman–Crippen MR) is 58.1 cm³/mol. The Balaban J connectivity index is 2.70. The highest BCUT2D eigenvalue weighted by Gasteiger charge is 2.27. The van der Waals surface area contributed by atoms with Gasteiger partial charge < -0.3 is 4.57 Å². The highest BCUT2D eigenvalue weighted by atomic mass is 28.3. The summed E-state index contributed by atoms with van der Waals surface area (Å²) in [5, 5.41) is 0. The molecule has 1 amide bonds. The van der Waals surface area contributed by atoms with E-state index >= 15 is 0 Å². The largest absolute Gasteiger partial charge is 0.370 e. The molecule has 1 aliphatic heterocycles. The zero-order valence-corrected chi connectivity index (χ0v) is 9.84. The second-order valence-corrected chi connectivity index (χ2v) is 9.40. The molecule has 0 atom stereocenters. The van der Waals surface area contributed by atoms with Gasteiger partial charge in [-0.15, -0.1) is 0 Å². The Morgan fingerprint density at radius 1 is 1.23 bits per heavy atom. The molecule has 0 aromatic rings. The van der Waals surface area contributed by atoms with E-state index in [1.54, 1.807) is 0 Å². The van der Waals surface area contributed by atoms with Crippen molar-refractivity contribution in [2.24, 2.45) is 0 Å². The molecule has 0 aromatic heterocycles. The van der Waals surface area contributed by atoms with Crippen LogP contribution in [0.5, 0.6) is 0 Å². The fourth-order valence-electron chi connectivity index (χ4n) is 1.62. The molecule has 1 heterocycles. The van der Waals surface area contributed by atoms with E-state index in [0.29, 0.717) is 12.3 Å². The van der Waals surface area contributed by atoms with Crippen molar-refractivity contribution in [1.29, 1.82) is 0 Å². The molecule has 1 aliphatic rings. The highest BCUT2D eigenvalue weighted by molar-refractivity contribution is 6.75. The van der Waals surface area contributed by atoms with Gasteiger partial charge in [0.15, 0.2) is 8.24 Å². The minimum Gasteiger partial charge on any atom is -0.370 e. The predicted octanol–water partition coefficient (Wildman–Crippen LogP) is 2.39. The van der Waals surface area contributed by atoms with Crippen molar-refractivity contribution in [2.45, 2.75) is 38.9 Å². The fraction of sp³-hybridized carbons (Fsp3) is 0.700. The van der Waals surface area contributed by atoms with Crippen LogP contribution in [0.15, 0.2) is 12.2 Å². The third-order valence-electron chi connectivity index (χ3n) is 2.32. The number of hydrogen-bond acceptors (Lipinski definition) is 1. The van der Waals surface area contributed by atoms with Gasteiger partial charge in [0.25, 0.3) is 0 Å². The Kier molecular flexibility index (Phi) is 3.31. The van der Waals surface area contributed by atoms with Gasteiger partial charge in [0, 0.05) is 13.0 Å². The van der Waals surface area contributed by atoms with Gasteiger partial charge in [-0.25, -0.2) is 0 Å². The molecule has 0 saturated carbocycles. The summed E-state index contributed by atoms with van der Waals surface area (Å²) in [7, 11) is -1.42. The van der Waals surface area contributed by atoms with Crippen molar-refractivity contribution in [3.63, 3.8) is 0 Å². The SMILES string of the molecule is C[Si](C)(C)N1CC/C=C\CCC1=O. The molecule has 74 valence electrons. The summed E-state index contributed by atoms with van der Waals surface area (Å²) >= 11 is 0. The minimum absolute atomic E-state index is 0.350. The summed E-state index contributed by atoms with van der Waals surface area (Å²) in [5.41, 5.74) is 0. The van der Waals surface area contributed by atoms with E-state index in [1.807, 2.05) is 0 Å². The third-order valence-corrected chi connectivity index (χ3v) is 4.41. The van der Waals surface area contributed by atoms with Crippen LogP contribution in [0.4, 0.5) is 0 Å². The van der Waals surface area contributed by atoms with E-state index in [4.69, 9.17) is 0 Å². The maximum atomic E-state index is 11.7. The molecule has 0 N–H and O–H groups in total. The van der Waals surface area contributed by atoms with Crippen molar-refractivity contribution in [1.82, 2.24) is 4.57 Å². The van der Waals surface area contributed by atoms with Crippen molar-refractivity contribution in [3.05, 3.63) is 12.2 Å². The lowest BCUT2D eigenvalue weighted by molar-refractivity contribution is -0.127. The first-order valence-electron chi connectivity index (χ1n) is 4.97. The lowest BCUT2D eigenvalue weighted by Gasteiger charge is -2.34. The molecular weight excluding hydrogens is 178 g/mol. The summed E-state index contributed by atoms with van der Waals surface area (Å²) < 4.78 is 2.12. The molecule has 0 fully saturated rings. The van der Waals surface area contributed by atoms with E-state index in [0.717, 1.165) is 19.4 Å². The van der Waals surface area contributed by atoms with Crippen molar-refractivity contribution in [2.75, 3.05) is 6.54 Å². The van der Waals surface area contributed by atoms with Crippen LogP contribution in [0.3, 0.4) is 0 Å². The Hall–Kier alpha value is -0.573. The van der Waals surface area contributed by atoms with Crippen LogP contribution in [0.2, 0.25) is 19.6 Å². The van der Waals surface area contributed by atoms with Crippen LogP contribution < -0.4 is 0 Å². The Morgan fingerprint density at radius 3 is 2.46 bits per heavy atom. The molecule has 0 spiro atoms. The van der Waals surface area contributed by atoms with Crippen LogP contribution >= 0.6 is 0 Å². The van der Waals surface area contributed by atoms with Gasteiger partial charge in [-0.1, -0.05) is 31.8 Å². The first-order chi connectivity index (χ1) is 6.02. The molecule has 1 rings (SSSR count). The van der Waals surface area contributed by atoms with E-state index in [1.165, 1.54) is 0 Å². The number of rotatable bonds is 1. The topological polar surface area (TPSA) is 20.3 Å². The number of hydrogen-bond donors (Lipinski definition) is 0. The second-order valence-electron chi connectivity index (χ2n) is 4.51. The molecule has 3 heteroatoms. The van der Waals surface area contributed by atoms with Crippen molar-refractivity contribution < 1.29 is 4.79 Å². The number of allylic oxidation sites excluding steroid dienone is 1. The van der Waals surface area contributed by atoms with Gasteiger partial charge in [0.2, 0.25) is 5.91 Å². The maximum Gasteiger partial charge on any atom is 0.214 e. The zero-order valence-electron chi connectivity index (χ0n) is 8.84. The number of carbonyl (C=O) groups excluding carboxylic acids is 1. The van der Waals surface area contributed by atoms with Crippen LogP contribution in [-0.4, -0.2) is 25.3 Å². The van der Waals surface area contributed by atoms with Crippen molar-refractivity contribution >= 4 is 14.1 Å². The number of carbonyl (C=O) groups is 1. The first-order valence-corrected chi connectivity index (χ1v) is 8.42. The average molecular weight is 197 g/mol. The zero-order chi connectivity index (χ0) is 9.90. The van der Waals surface area contributed by atoms with Crippen LogP contribution in [0.25, 0.3) is 0 Å². The Bertz CT molecular complexity index is 217. The van der Waals surface area contributed by atoms with Gasteiger partial charge in [0.1, 0.15) is 0 Å². The van der Waals surface area contributed by atoms with Gasteiger partial charge in [-0.2, -0.15) is 0 Å². The normalized spacial score (nSPS) is 22.4. The van der Waals surface area contributed by atoms with Gasteiger partial charge in [0.05, 0.1) is 0 Å². The molecule has 2 nitrogen and oxygen atoms in total.